The van der Waals surface area contributed by atoms with Crippen LogP contribution < -0.4 is 5.73 Å². The van der Waals surface area contributed by atoms with Gasteiger partial charge in [-0.15, -0.1) is 24.8 Å². The lowest BCUT2D eigenvalue weighted by Crippen LogP contribution is -2.51. The number of nitrogens with two attached hydrogens (primary N) is 1. The Hall–Kier alpha value is 0.290. The van der Waals surface area contributed by atoms with Crippen LogP contribution in [0.1, 0.15) is 6.42 Å². The van der Waals surface area contributed by atoms with Gasteiger partial charge in [-0.3, -0.25) is 0 Å². The second-order valence-corrected chi connectivity index (χ2v) is 3.75. The second-order valence-electron chi connectivity index (χ2n) is 3.75. The molecule has 3 atom stereocenters. The Balaban J connectivity index is 0.000000845. The Morgan fingerprint density at radius 3 is 2.07 bits per heavy atom. The van der Waals surface area contributed by atoms with Gasteiger partial charge in [-0.1, -0.05) is 0 Å². The average molecular weight is 253 g/mol. The molecule has 2 rings (SSSR count). The maximum atomic E-state index is 12.6. The van der Waals surface area contributed by atoms with Gasteiger partial charge < -0.3 is 10.6 Å². The van der Waals surface area contributed by atoms with Crippen LogP contribution in [0.2, 0.25) is 0 Å². The van der Waals surface area contributed by atoms with Gasteiger partial charge in [0.25, 0.3) is 0 Å². The molecule has 2 aliphatic heterocycles. The van der Waals surface area contributed by atoms with Crippen LogP contribution in [0.4, 0.5) is 13.2 Å². The van der Waals surface area contributed by atoms with Gasteiger partial charge in [0.1, 0.15) is 0 Å². The van der Waals surface area contributed by atoms with Crippen molar-refractivity contribution in [3.05, 3.63) is 0 Å². The lowest BCUT2D eigenvalue weighted by atomic mass is 9.80. The molecule has 0 radical (unpaired) electrons. The first-order valence-electron chi connectivity index (χ1n) is 4.00. The molecule has 14 heavy (non-hydrogen) atoms. The summed E-state index contributed by atoms with van der Waals surface area (Å²) in [4.78, 5) is 1.79. The largest absolute Gasteiger partial charge is 0.397 e. The Morgan fingerprint density at radius 1 is 1.29 bits per heavy atom. The molecule has 0 amide bonds. The van der Waals surface area contributed by atoms with Gasteiger partial charge in [-0.2, -0.15) is 13.2 Å². The third-order valence-corrected chi connectivity index (χ3v) is 3.11. The lowest BCUT2D eigenvalue weighted by molar-refractivity contribution is -0.219. The summed E-state index contributed by atoms with van der Waals surface area (Å²) in [5.41, 5.74) is 3.89. The number of halogens is 5. The first-order chi connectivity index (χ1) is 5.46. The molecular formula is C7H13Cl2F3N2. The van der Waals surface area contributed by atoms with Crippen LogP contribution in [0.25, 0.3) is 0 Å². The quantitative estimate of drug-likeness (QED) is 0.707. The van der Waals surface area contributed by atoms with Crippen LogP contribution in [0.5, 0.6) is 0 Å². The third kappa shape index (κ3) is 1.71. The monoisotopic (exact) mass is 252 g/mol. The van der Waals surface area contributed by atoms with Crippen molar-refractivity contribution < 1.29 is 13.2 Å². The Morgan fingerprint density at radius 2 is 1.86 bits per heavy atom. The van der Waals surface area contributed by atoms with E-state index in [0.29, 0.717) is 13.1 Å². The van der Waals surface area contributed by atoms with Crippen LogP contribution in [-0.2, 0) is 0 Å². The maximum absolute atomic E-state index is 12.6. The molecule has 2 heterocycles. The molecule has 0 aromatic heterocycles. The first-order valence-corrected chi connectivity index (χ1v) is 4.00. The van der Waals surface area contributed by atoms with Crippen molar-refractivity contribution >= 4 is 24.8 Å². The highest BCUT2D eigenvalue weighted by Crippen LogP contribution is 2.51. The molecule has 0 aliphatic carbocycles. The van der Waals surface area contributed by atoms with Gasteiger partial charge in [-0.05, 0) is 13.0 Å². The van der Waals surface area contributed by atoms with Crippen LogP contribution in [0, 0.1) is 5.41 Å². The molecule has 3 unspecified atom stereocenters. The van der Waals surface area contributed by atoms with Gasteiger partial charge in [0.2, 0.25) is 0 Å². The number of nitrogens with zero attached hydrogens (tertiary/aromatic N) is 1. The highest BCUT2D eigenvalue weighted by molar-refractivity contribution is 5.85. The summed E-state index contributed by atoms with van der Waals surface area (Å²) in [6, 6.07) is -0.716. The van der Waals surface area contributed by atoms with Crippen molar-refractivity contribution in [2.24, 2.45) is 11.1 Å². The minimum Gasteiger partial charge on any atom is -0.326 e. The molecule has 2 nitrogen and oxygen atoms in total. The van der Waals surface area contributed by atoms with Gasteiger partial charge in [0.05, 0.1) is 5.41 Å². The minimum absolute atomic E-state index is 0. The van der Waals surface area contributed by atoms with E-state index in [9.17, 15) is 13.2 Å². The Bertz CT molecular complexity index is 212. The predicted molar refractivity (Wildman–Crippen MR) is 52.0 cm³/mol. The lowest BCUT2D eigenvalue weighted by Gasteiger charge is -2.33. The summed E-state index contributed by atoms with van der Waals surface area (Å²) in [5, 5.41) is 0. The topological polar surface area (TPSA) is 29.3 Å². The molecule has 2 fully saturated rings. The number of rotatable bonds is 0. The number of piperidine rings is 1. The van der Waals surface area contributed by atoms with Gasteiger partial charge in [-0.25, -0.2) is 0 Å². The zero-order chi connectivity index (χ0) is 8.98. The molecule has 0 saturated carbocycles. The van der Waals surface area contributed by atoms with Crippen LogP contribution in [0.15, 0.2) is 0 Å². The molecule has 2 aliphatic rings. The second kappa shape index (κ2) is 4.04. The predicted octanol–water partition coefficient (Wildman–Crippen LogP) is 1.43. The van der Waals surface area contributed by atoms with Crippen LogP contribution in [0.3, 0.4) is 0 Å². The number of hydrogen-bond donors (Lipinski definition) is 1. The van der Waals surface area contributed by atoms with E-state index in [4.69, 9.17) is 5.73 Å². The van der Waals surface area contributed by atoms with Crippen LogP contribution >= 0.6 is 24.8 Å². The summed E-state index contributed by atoms with van der Waals surface area (Å²) < 4.78 is 37.8. The zero-order valence-electron chi connectivity index (χ0n) is 7.38. The first kappa shape index (κ1) is 14.3. The van der Waals surface area contributed by atoms with E-state index in [-0.39, 0.29) is 37.8 Å². The smallest absolute Gasteiger partial charge is 0.326 e. The van der Waals surface area contributed by atoms with Gasteiger partial charge >= 0.3 is 6.18 Å². The highest BCUT2D eigenvalue weighted by atomic mass is 35.5. The molecule has 0 aromatic carbocycles. The van der Waals surface area contributed by atoms with Crippen molar-refractivity contribution in [3.8, 4) is 0 Å². The van der Waals surface area contributed by atoms with E-state index in [2.05, 4.69) is 0 Å². The van der Waals surface area contributed by atoms with E-state index in [0.717, 1.165) is 0 Å². The van der Waals surface area contributed by atoms with E-state index in [1.165, 1.54) is 0 Å². The van der Waals surface area contributed by atoms with Crippen molar-refractivity contribution in [2.75, 3.05) is 19.6 Å². The number of fused-ring (bicyclic) bond motifs is 2. The Labute approximate surface area is 92.8 Å². The van der Waals surface area contributed by atoms with Gasteiger partial charge in [0, 0.05) is 19.1 Å². The zero-order valence-corrected chi connectivity index (χ0v) is 9.01. The Kier molecular flexibility index (Phi) is 4.12. The minimum atomic E-state index is -4.13. The van der Waals surface area contributed by atoms with E-state index < -0.39 is 17.6 Å². The standard InChI is InChI=1S/C7H11F3N2.2ClH/c8-7(9,10)6-1-2-12(4-6)3-5(6)11;;/h5H,1-4,11H2;2*1H. The molecule has 7 heteroatoms. The molecule has 2 N–H and O–H groups in total. The van der Waals surface area contributed by atoms with E-state index in [1.54, 1.807) is 4.90 Å². The fourth-order valence-electron chi connectivity index (χ4n) is 2.27. The van der Waals surface area contributed by atoms with E-state index >= 15 is 0 Å². The third-order valence-electron chi connectivity index (χ3n) is 3.11. The SMILES string of the molecule is Cl.Cl.NC1CN2CCC1(C(F)(F)F)C2. The fourth-order valence-corrected chi connectivity index (χ4v) is 2.27. The molecule has 0 spiro atoms. The summed E-state index contributed by atoms with van der Waals surface area (Å²) >= 11 is 0. The average Bonchev–Trinajstić information content (AvgIpc) is 2.41. The molecular weight excluding hydrogens is 240 g/mol. The van der Waals surface area contributed by atoms with Gasteiger partial charge in [0.15, 0.2) is 0 Å². The van der Waals surface area contributed by atoms with Crippen molar-refractivity contribution in [1.29, 1.82) is 0 Å². The molecule has 86 valence electrons. The summed E-state index contributed by atoms with van der Waals surface area (Å²) in [6.07, 6.45) is -3.95. The van der Waals surface area contributed by atoms with Crippen LogP contribution in [-0.4, -0.2) is 36.8 Å². The molecule has 2 bridgehead atoms. The number of hydrogen-bond acceptors (Lipinski definition) is 2. The fraction of sp³-hybridized carbons (Fsp3) is 1.00. The summed E-state index contributed by atoms with van der Waals surface area (Å²) in [6.45, 7) is 1.06. The number of alkyl halides is 3. The highest BCUT2D eigenvalue weighted by Gasteiger charge is 2.64. The summed E-state index contributed by atoms with van der Waals surface area (Å²) in [5.74, 6) is 0. The summed E-state index contributed by atoms with van der Waals surface area (Å²) in [7, 11) is 0. The van der Waals surface area contributed by atoms with Crippen molar-refractivity contribution in [1.82, 2.24) is 4.90 Å². The van der Waals surface area contributed by atoms with Crippen molar-refractivity contribution in [2.45, 2.75) is 18.6 Å². The maximum Gasteiger partial charge on any atom is 0.397 e. The molecule has 2 saturated heterocycles. The molecule has 0 aromatic rings. The van der Waals surface area contributed by atoms with Crippen molar-refractivity contribution in [3.63, 3.8) is 0 Å². The normalized spacial score (nSPS) is 40.3. The van der Waals surface area contributed by atoms with E-state index in [1.807, 2.05) is 0 Å².